The molecule has 1 saturated heterocycles. The number of carboxylic acid groups (broad SMARTS) is 1. The lowest BCUT2D eigenvalue weighted by Crippen LogP contribution is -2.36. The van der Waals surface area contributed by atoms with Gasteiger partial charge >= 0.3 is 12.1 Å². The molecule has 0 spiro atoms. The first-order chi connectivity index (χ1) is 15.9. The number of likely N-dealkylation sites (tertiary alicyclic amines) is 1. The van der Waals surface area contributed by atoms with Crippen molar-refractivity contribution >= 4 is 18.0 Å². The van der Waals surface area contributed by atoms with Gasteiger partial charge in [0.25, 0.3) is 0 Å². The van der Waals surface area contributed by atoms with E-state index in [9.17, 15) is 19.5 Å². The molecule has 2 amide bonds. The zero-order valence-corrected chi connectivity index (χ0v) is 18.6. The minimum absolute atomic E-state index is 0.000637. The molecule has 5 rings (SSSR count). The number of nitrogens with zero attached hydrogens (tertiary/aromatic N) is 1. The van der Waals surface area contributed by atoms with Crippen LogP contribution < -0.4 is 5.32 Å². The maximum absolute atomic E-state index is 12.7. The zero-order valence-electron chi connectivity index (χ0n) is 18.6. The predicted molar refractivity (Wildman–Crippen MR) is 122 cm³/mol. The van der Waals surface area contributed by atoms with E-state index < -0.39 is 17.5 Å². The first-order valence-corrected chi connectivity index (χ1v) is 11.5. The van der Waals surface area contributed by atoms with E-state index in [-0.39, 0.29) is 36.8 Å². The van der Waals surface area contributed by atoms with Gasteiger partial charge in [0.1, 0.15) is 6.61 Å². The van der Waals surface area contributed by atoms with Crippen LogP contribution >= 0.6 is 0 Å². The van der Waals surface area contributed by atoms with Crippen LogP contribution in [0.3, 0.4) is 0 Å². The molecule has 0 bridgehead atoms. The van der Waals surface area contributed by atoms with E-state index in [1.54, 1.807) is 11.8 Å². The van der Waals surface area contributed by atoms with Crippen LogP contribution in [0.5, 0.6) is 0 Å². The topological polar surface area (TPSA) is 95.9 Å². The van der Waals surface area contributed by atoms with Gasteiger partial charge in [-0.15, -0.1) is 0 Å². The molecule has 1 aliphatic heterocycles. The largest absolute Gasteiger partial charge is 0.481 e. The van der Waals surface area contributed by atoms with Gasteiger partial charge in [-0.05, 0) is 47.9 Å². The Bertz CT molecular complexity index is 1070. The number of alkyl carbamates (subject to hydrolysis) is 1. The molecule has 3 atom stereocenters. The summed E-state index contributed by atoms with van der Waals surface area (Å²) in [6.45, 7) is 3.06. The number of carbonyl (C=O) groups excluding carboxylic acids is 2. The van der Waals surface area contributed by atoms with Crippen molar-refractivity contribution < 1.29 is 24.2 Å². The number of ether oxygens (including phenoxy) is 1. The van der Waals surface area contributed by atoms with Crippen molar-refractivity contribution in [2.75, 3.05) is 26.2 Å². The minimum atomic E-state index is -0.862. The Balaban J connectivity index is 1.11. The maximum atomic E-state index is 12.7. The van der Waals surface area contributed by atoms with Crippen LogP contribution in [0.4, 0.5) is 4.79 Å². The minimum Gasteiger partial charge on any atom is -0.481 e. The number of rotatable bonds is 6. The van der Waals surface area contributed by atoms with E-state index >= 15 is 0 Å². The lowest BCUT2D eigenvalue weighted by Gasteiger charge is -2.20. The SMILES string of the molecule is CC1(C(=O)O)CCN(C(=O)[C@@H]2C[C@@H]2CNC(=O)OCC2c3ccccc3-c3ccccc32)C1. The molecular weight excluding hydrogens is 420 g/mol. The second-order valence-corrected chi connectivity index (χ2v) is 9.68. The molecule has 2 aromatic carbocycles. The molecule has 7 heteroatoms. The molecule has 1 heterocycles. The van der Waals surface area contributed by atoms with Crippen molar-refractivity contribution in [3.05, 3.63) is 59.7 Å². The maximum Gasteiger partial charge on any atom is 0.407 e. The first-order valence-electron chi connectivity index (χ1n) is 11.5. The number of nitrogens with one attached hydrogen (secondary N) is 1. The van der Waals surface area contributed by atoms with Crippen LogP contribution in [0.15, 0.2) is 48.5 Å². The number of fused-ring (bicyclic) bond motifs is 3. The Kier molecular flexibility index (Phi) is 5.35. The Morgan fingerprint density at radius 2 is 1.73 bits per heavy atom. The molecule has 3 aliphatic rings. The molecule has 172 valence electrons. The quantitative estimate of drug-likeness (QED) is 0.705. The summed E-state index contributed by atoms with van der Waals surface area (Å²) in [5.41, 5.74) is 3.83. The Hall–Kier alpha value is -3.35. The molecule has 0 aromatic heterocycles. The average molecular weight is 449 g/mol. The van der Waals surface area contributed by atoms with E-state index in [1.165, 1.54) is 22.3 Å². The fourth-order valence-electron chi connectivity index (χ4n) is 5.20. The monoisotopic (exact) mass is 448 g/mol. The summed E-state index contributed by atoms with van der Waals surface area (Å²) in [6.07, 6.45) is 0.710. The molecule has 33 heavy (non-hydrogen) atoms. The van der Waals surface area contributed by atoms with Gasteiger partial charge in [-0.3, -0.25) is 9.59 Å². The highest BCUT2D eigenvalue weighted by molar-refractivity contribution is 5.84. The molecule has 1 unspecified atom stereocenters. The third-order valence-electron chi connectivity index (χ3n) is 7.39. The fourth-order valence-corrected chi connectivity index (χ4v) is 5.20. The molecular formula is C26H28N2O5. The van der Waals surface area contributed by atoms with Gasteiger partial charge in [-0.1, -0.05) is 48.5 Å². The van der Waals surface area contributed by atoms with Crippen LogP contribution in [0.1, 0.15) is 36.8 Å². The van der Waals surface area contributed by atoms with Gasteiger partial charge in [0, 0.05) is 31.5 Å². The molecule has 2 aliphatic carbocycles. The van der Waals surface area contributed by atoms with Crippen LogP contribution in [-0.4, -0.2) is 54.2 Å². The van der Waals surface area contributed by atoms with Crippen LogP contribution in [0.25, 0.3) is 11.1 Å². The lowest BCUT2D eigenvalue weighted by atomic mass is 9.90. The number of aliphatic carboxylic acids is 1. The number of carbonyl (C=O) groups is 3. The Morgan fingerprint density at radius 1 is 1.09 bits per heavy atom. The van der Waals surface area contributed by atoms with Crippen LogP contribution in [0.2, 0.25) is 0 Å². The predicted octanol–water partition coefficient (Wildman–Crippen LogP) is 3.48. The van der Waals surface area contributed by atoms with Gasteiger partial charge < -0.3 is 20.1 Å². The fraction of sp³-hybridized carbons (Fsp3) is 0.423. The van der Waals surface area contributed by atoms with Crippen molar-refractivity contribution in [3.8, 4) is 11.1 Å². The number of carboxylic acids is 1. The van der Waals surface area contributed by atoms with Gasteiger partial charge in [-0.2, -0.15) is 0 Å². The van der Waals surface area contributed by atoms with Crippen molar-refractivity contribution in [1.82, 2.24) is 10.2 Å². The lowest BCUT2D eigenvalue weighted by molar-refractivity contribution is -0.147. The Labute approximate surface area is 192 Å². The van der Waals surface area contributed by atoms with Gasteiger partial charge in [0.05, 0.1) is 5.41 Å². The second-order valence-electron chi connectivity index (χ2n) is 9.68. The number of hydrogen-bond donors (Lipinski definition) is 2. The number of hydrogen-bond acceptors (Lipinski definition) is 4. The van der Waals surface area contributed by atoms with Crippen LogP contribution in [-0.2, 0) is 14.3 Å². The number of amides is 2. The third-order valence-corrected chi connectivity index (χ3v) is 7.39. The van der Waals surface area contributed by atoms with Gasteiger partial charge in [0.15, 0.2) is 0 Å². The van der Waals surface area contributed by atoms with E-state index in [1.807, 2.05) is 24.3 Å². The number of benzene rings is 2. The molecule has 0 radical (unpaired) electrons. The Morgan fingerprint density at radius 3 is 2.33 bits per heavy atom. The second kappa shape index (κ2) is 8.21. The normalized spacial score (nSPS) is 25.3. The highest BCUT2D eigenvalue weighted by Crippen LogP contribution is 2.45. The summed E-state index contributed by atoms with van der Waals surface area (Å²) in [6, 6.07) is 16.4. The summed E-state index contributed by atoms with van der Waals surface area (Å²) < 4.78 is 5.56. The van der Waals surface area contributed by atoms with Crippen molar-refractivity contribution in [2.45, 2.75) is 25.7 Å². The highest BCUT2D eigenvalue weighted by Gasteiger charge is 2.49. The molecule has 2 N–H and O–H groups in total. The van der Waals surface area contributed by atoms with Crippen molar-refractivity contribution in [2.24, 2.45) is 17.3 Å². The molecule has 7 nitrogen and oxygen atoms in total. The highest BCUT2D eigenvalue weighted by atomic mass is 16.5. The van der Waals surface area contributed by atoms with Crippen molar-refractivity contribution in [3.63, 3.8) is 0 Å². The molecule has 2 fully saturated rings. The molecule has 2 aromatic rings. The van der Waals surface area contributed by atoms with E-state index in [0.717, 1.165) is 0 Å². The van der Waals surface area contributed by atoms with Gasteiger partial charge in [0.2, 0.25) is 5.91 Å². The first kappa shape index (κ1) is 21.5. The zero-order chi connectivity index (χ0) is 23.2. The van der Waals surface area contributed by atoms with Crippen LogP contribution in [0, 0.1) is 17.3 Å². The van der Waals surface area contributed by atoms with Gasteiger partial charge in [-0.25, -0.2) is 4.79 Å². The standard InChI is InChI=1S/C26H28N2O5/c1-26(24(30)31)10-11-28(15-26)23(29)21-12-16(21)13-27-25(32)33-14-22-19-8-4-2-6-17(19)18-7-3-5-9-20(18)22/h2-9,16,21-22H,10-15H2,1H3,(H,27,32)(H,30,31)/t16-,21-,26?/m1/s1. The summed E-state index contributed by atoms with van der Waals surface area (Å²) in [5.74, 6) is -0.914. The summed E-state index contributed by atoms with van der Waals surface area (Å²) in [7, 11) is 0. The van der Waals surface area contributed by atoms with Crippen molar-refractivity contribution in [1.29, 1.82) is 0 Å². The summed E-state index contributed by atoms with van der Waals surface area (Å²) in [4.78, 5) is 38.1. The smallest absolute Gasteiger partial charge is 0.407 e. The van der Waals surface area contributed by atoms with E-state index in [0.29, 0.717) is 25.9 Å². The summed E-state index contributed by atoms with van der Waals surface area (Å²) >= 11 is 0. The third kappa shape index (κ3) is 3.96. The molecule has 1 saturated carbocycles. The average Bonchev–Trinajstić information content (AvgIpc) is 3.37. The van der Waals surface area contributed by atoms with E-state index in [2.05, 4.69) is 29.6 Å². The summed E-state index contributed by atoms with van der Waals surface area (Å²) in [5, 5.41) is 12.2. The van der Waals surface area contributed by atoms with E-state index in [4.69, 9.17) is 4.74 Å².